The molecule has 1 aromatic rings. The average molecular weight is 211 g/mol. The molecule has 0 radical (unpaired) electrons. The molecule has 1 aliphatic carbocycles. The van der Waals surface area contributed by atoms with Crippen LogP contribution in [0.4, 0.5) is 0 Å². The Balaban J connectivity index is 2.21. The lowest BCUT2D eigenvalue weighted by Gasteiger charge is -2.21. The molecule has 0 saturated heterocycles. The van der Waals surface area contributed by atoms with Gasteiger partial charge in [0.05, 0.1) is 0 Å². The minimum Gasteiger partial charge on any atom is -0.223 e. The zero-order valence-corrected chi connectivity index (χ0v) is 9.22. The van der Waals surface area contributed by atoms with Gasteiger partial charge >= 0.3 is 0 Å². The molecule has 2 nitrogen and oxygen atoms in total. The number of aryl methyl sites for hydroxylation is 1. The van der Waals surface area contributed by atoms with E-state index in [1.165, 1.54) is 32.1 Å². The van der Waals surface area contributed by atoms with Crippen LogP contribution >= 0.6 is 11.6 Å². The molecular formula is C11H15ClN2. The summed E-state index contributed by atoms with van der Waals surface area (Å²) in [6, 6.07) is 2.07. The highest BCUT2D eigenvalue weighted by atomic mass is 35.5. The lowest BCUT2D eigenvalue weighted by Crippen LogP contribution is -2.07. The van der Waals surface area contributed by atoms with Gasteiger partial charge in [0.1, 0.15) is 0 Å². The molecule has 76 valence electrons. The second-order valence-corrected chi connectivity index (χ2v) is 4.38. The number of hydrogen-bond donors (Lipinski definition) is 0. The molecular weight excluding hydrogens is 196 g/mol. The third-order valence-electron chi connectivity index (χ3n) is 2.87. The van der Waals surface area contributed by atoms with Gasteiger partial charge in [-0.1, -0.05) is 19.3 Å². The van der Waals surface area contributed by atoms with E-state index in [1.807, 2.05) is 6.92 Å². The van der Waals surface area contributed by atoms with Gasteiger partial charge in [-0.15, -0.1) is 0 Å². The highest BCUT2D eigenvalue weighted by molar-refractivity contribution is 6.28. The zero-order valence-electron chi connectivity index (χ0n) is 8.46. The van der Waals surface area contributed by atoms with E-state index >= 15 is 0 Å². The Kier molecular flexibility index (Phi) is 3.02. The van der Waals surface area contributed by atoms with Crippen LogP contribution in [-0.2, 0) is 0 Å². The van der Waals surface area contributed by atoms with E-state index in [-0.39, 0.29) is 0 Å². The van der Waals surface area contributed by atoms with Crippen molar-refractivity contribution >= 4 is 11.6 Å². The summed E-state index contributed by atoms with van der Waals surface area (Å²) >= 11 is 5.85. The molecule has 1 aliphatic rings. The maximum atomic E-state index is 5.85. The standard InChI is InChI=1S/C11H15ClN2/c1-8-7-10(14-11(12)13-8)9-5-3-2-4-6-9/h7,9H,2-6H2,1H3. The van der Waals surface area contributed by atoms with Crippen LogP contribution in [0.25, 0.3) is 0 Å². The molecule has 0 spiro atoms. The van der Waals surface area contributed by atoms with Crippen molar-refractivity contribution in [1.29, 1.82) is 0 Å². The average Bonchev–Trinajstić information content (AvgIpc) is 2.18. The van der Waals surface area contributed by atoms with E-state index in [9.17, 15) is 0 Å². The SMILES string of the molecule is Cc1cc(C2CCCCC2)nc(Cl)n1. The number of halogens is 1. The van der Waals surface area contributed by atoms with Gasteiger partial charge in [-0.3, -0.25) is 0 Å². The van der Waals surface area contributed by atoms with Gasteiger partial charge in [-0.2, -0.15) is 0 Å². The van der Waals surface area contributed by atoms with Gasteiger partial charge in [0.15, 0.2) is 0 Å². The molecule has 2 rings (SSSR count). The minimum atomic E-state index is 0.394. The van der Waals surface area contributed by atoms with Crippen molar-refractivity contribution in [2.45, 2.75) is 44.9 Å². The van der Waals surface area contributed by atoms with E-state index in [4.69, 9.17) is 11.6 Å². The third-order valence-corrected chi connectivity index (χ3v) is 3.04. The van der Waals surface area contributed by atoms with E-state index in [1.54, 1.807) is 0 Å². The van der Waals surface area contributed by atoms with Gasteiger partial charge < -0.3 is 0 Å². The Bertz CT molecular complexity index is 299. The molecule has 1 heterocycles. The number of hydrogen-bond acceptors (Lipinski definition) is 2. The summed E-state index contributed by atoms with van der Waals surface area (Å²) in [5.41, 5.74) is 2.12. The fourth-order valence-electron chi connectivity index (χ4n) is 2.16. The largest absolute Gasteiger partial charge is 0.223 e. The van der Waals surface area contributed by atoms with Crippen LogP contribution < -0.4 is 0 Å². The zero-order chi connectivity index (χ0) is 9.97. The summed E-state index contributed by atoms with van der Waals surface area (Å²) < 4.78 is 0. The minimum absolute atomic E-state index is 0.394. The second kappa shape index (κ2) is 4.26. The van der Waals surface area contributed by atoms with Crippen molar-refractivity contribution in [3.05, 3.63) is 22.7 Å². The van der Waals surface area contributed by atoms with Gasteiger partial charge in [-0.05, 0) is 37.4 Å². The maximum Gasteiger partial charge on any atom is 0.222 e. The molecule has 0 bridgehead atoms. The summed E-state index contributed by atoms with van der Waals surface area (Å²) in [6.45, 7) is 1.97. The molecule has 0 aliphatic heterocycles. The van der Waals surface area contributed by atoms with E-state index in [2.05, 4.69) is 16.0 Å². The molecule has 1 aromatic heterocycles. The molecule has 1 saturated carbocycles. The summed E-state index contributed by atoms with van der Waals surface area (Å²) in [7, 11) is 0. The Morgan fingerprint density at radius 1 is 1.21 bits per heavy atom. The molecule has 0 atom stereocenters. The Labute approximate surface area is 89.7 Å². The van der Waals surface area contributed by atoms with Gasteiger partial charge in [0, 0.05) is 17.3 Å². The van der Waals surface area contributed by atoms with E-state index in [0.29, 0.717) is 11.2 Å². The summed E-state index contributed by atoms with van der Waals surface area (Å²) in [5.74, 6) is 0.614. The second-order valence-electron chi connectivity index (χ2n) is 4.04. The van der Waals surface area contributed by atoms with Crippen molar-refractivity contribution in [3.63, 3.8) is 0 Å². The molecule has 14 heavy (non-hydrogen) atoms. The van der Waals surface area contributed by atoms with Gasteiger partial charge in [0.25, 0.3) is 0 Å². The molecule has 0 aromatic carbocycles. The van der Waals surface area contributed by atoms with Crippen LogP contribution in [-0.4, -0.2) is 9.97 Å². The fraction of sp³-hybridized carbons (Fsp3) is 0.636. The summed E-state index contributed by atoms with van der Waals surface area (Å²) in [5, 5.41) is 0.394. The molecule has 3 heteroatoms. The van der Waals surface area contributed by atoms with Crippen LogP contribution in [0.2, 0.25) is 5.28 Å². The van der Waals surface area contributed by atoms with E-state index in [0.717, 1.165) is 11.4 Å². The maximum absolute atomic E-state index is 5.85. The predicted octanol–water partition coefficient (Wildman–Crippen LogP) is 3.49. The monoisotopic (exact) mass is 210 g/mol. The van der Waals surface area contributed by atoms with Crippen LogP contribution in [0.5, 0.6) is 0 Å². The number of rotatable bonds is 1. The van der Waals surface area contributed by atoms with Crippen LogP contribution in [0.15, 0.2) is 6.07 Å². The van der Waals surface area contributed by atoms with Crippen molar-refractivity contribution in [2.24, 2.45) is 0 Å². The summed E-state index contributed by atoms with van der Waals surface area (Å²) in [4.78, 5) is 8.40. The highest BCUT2D eigenvalue weighted by Gasteiger charge is 2.17. The molecule has 0 amide bonds. The van der Waals surface area contributed by atoms with Crippen molar-refractivity contribution in [3.8, 4) is 0 Å². The molecule has 0 unspecified atom stereocenters. The van der Waals surface area contributed by atoms with Crippen LogP contribution in [0.1, 0.15) is 49.4 Å². The smallest absolute Gasteiger partial charge is 0.222 e. The van der Waals surface area contributed by atoms with Gasteiger partial charge in [-0.25, -0.2) is 9.97 Å². The van der Waals surface area contributed by atoms with Gasteiger partial charge in [0.2, 0.25) is 5.28 Å². The highest BCUT2D eigenvalue weighted by Crippen LogP contribution is 2.31. The molecule has 1 fully saturated rings. The first kappa shape index (κ1) is 9.91. The lowest BCUT2D eigenvalue weighted by atomic mass is 9.87. The Morgan fingerprint density at radius 2 is 1.93 bits per heavy atom. The molecule has 0 N–H and O–H groups in total. The normalized spacial score (nSPS) is 18.4. The first-order valence-corrected chi connectivity index (χ1v) is 5.64. The van der Waals surface area contributed by atoms with E-state index < -0.39 is 0 Å². The topological polar surface area (TPSA) is 25.8 Å². The number of nitrogens with zero attached hydrogens (tertiary/aromatic N) is 2. The van der Waals surface area contributed by atoms with Crippen molar-refractivity contribution in [2.75, 3.05) is 0 Å². The number of aromatic nitrogens is 2. The van der Waals surface area contributed by atoms with Crippen molar-refractivity contribution in [1.82, 2.24) is 9.97 Å². The Hall–Kier alpha value is -0.630. The first-order chi connectivity index (χ1) is 6.75. The quantitative estimate of drug-likeness (QED) is 0.664. The van der Waals surface area contributed by atoms with Crippen LogP contribution in [0, 0.1) is 6.92 Å². The lowest BCUT2D eigenvalue weighted by molar-refractivity contribution is 0.436. The Morgan fingerprint density at radius 3 is 2.57 bits per heavy atom. The third kappa shape index (κ3) is 2.24. The fourth-order valence-corrected chi connectivity index (χ4v) is 2.39. The van der Waals surface area contributed by atoms with Crippen molar-refractivity contribution < 1.29 is 0 Å². The first-order valence-electron chi connectivity index (χ1n) is 5.27. The summed E-state index contributed by atoms with van der Waals surface area (Å²) in [6.07, 6.45) is 6.53. The predicted molar refractivity (Wildman–Crippen MR) is 57.6 cm³/mol. The van der Waals surface area contributed by atoms with Crippen LogP contribution in [0.3, 0.4) is 0 Å².